The Kier molecular flexibility index (Phi) is 4.45. The highest BCUT2D eigenvalue weighted by atomic mass is 16.5. The maximum Gasteiger partial charge on any atom is 0.0726 e. The van der Waals surface area contributed by atoms with Gasteiger partial charge in [0.05, 0.1) is 6.10 Å². The van der Waals surface area contributed by atoms with E-state index in [-0.39, 0.29) is 0 Å². The SMILES string of the molecule is CCC1(CC)CN(C2CCCC2OC)CCN1. The molecule has 100 valence electrons. The minimum Gasteiger partial charge on any atom is -0.380 e. The van der Waals surface area contributed by atoms with Gasteiger partial charge in [-0.25, -0.2) is 0 Å². The summed E-state index contributed by atoms with van der Waals surface area (Å²) in [4.78, 5) is 2.69. The average Bonchev–Trinajstić information content (AvgIpc) is 2.87. The van der Waals surface area contributed by atoms with E-state index in [1.54, 1.807) is 0 Å². The number of nitrogens with one attached hydrogen (secondary N) is 1. The van der Waals surface area contributed by atoms with E-state index in [4.69, 9.17) is 4.74 Å². The molecular weight excluding hydrogens is 212 g/mol. The second-order valence-electron chi connectivity index (χ2n) is 5.66. The zero-order valence-corrected chi connectivity index (χ0v) is 11.7. The highest BCUT2D eigenvalue weighted by molar-refractivity contribution is 4.97. The van der Waals surface area contributed by atoms with Gasteiger partial charge in [-0.15, -0.1) is 0 Å². The molecule has 1 aliphatic carbocycles. The van der Waals surface area contributed by atoms with Crippen LogP contribution >= 0.6 is 0 Å². The molecule has 0 spiro atoms. The summed E-state index contributed by atoms with van der Waals surface area (Å²) in [6.45, 7) is 8.14. The van der Waals surface area contributed by atoms with E-state index in [1.165, 1.54) is 45.2 Å². The second kappa shape index (κ2) is 5.68. The van der Waals surface area contributed by atoms with Crippen LogP contribution < -0.4 is 5.32 Å². The molecule has 1 N–H and O–H groups in total. The van der Waals surface area contributed by atoms with Gasteiger partial charge < -0.3 is 10.1 Å². The van der Waals surface area contributed by atoms with Crippen molar-refractivity contribution in [3.8, 4) is 0 Å². The van der Waals surface area contributed by atoms with E-state index in [0.717, 1.165) is 6.54 Å². The minimum atomic E-state index is 0.346. The molecule has 3 heteroatoms. The number of hydrogen-bond donors (Lipinski definition) is 1. The first kappa shape index (κ1) is 13.3. The van der Waals surface area contributed by atoms with Crippen molar-refractivity contribution in [2.45, 2.75) is 63.6 Å². The van der Waals surface area contributed by atoms with Gasteiger partial charge in [-0.05, 0) is 32.1 Å². The summed E-state index contributed by atoms with van der Waals surface area (Å²) in [6.07, 6.45) is 6.82. The standard InChI is InChI=1S/C14H28N2O/c1-4-14(5-2)11-16(10-9-15-14)12-7-6-8-13(12)17-3/h12-13,15H,4-11H2,1-3H3. The summed E-state index contributed by atoms with van der Waals surface area (Å²) in [5.41, 5.74) is 0.346. The molecule has 0 aromatic carbocycles. The number of rotatable bonds is 4. The molecule has 1 aliphatic heterocycles. The fraction of sp³-hybridized carbons (Fsp3) is 1.00. The Morgan fingerprint density at radius 1 is 1.29 bits per heavy atom. The molecule has 1 heterocycles. The molecular formula is C14H28N2O. The van der Waals surface area contributed by atoms with Crippen LogP contribution in [0.1, 0.15) is 46.0 Å². The van der Waals surface area contributed by atoms with Gasteiger partial charge in [-0.3, -0.25) is 4.90 Å². The normalized spacial score (nSPS) is 34.1. The lowest BCUT2D eigenvalue weighted by molar-refractivity contribution is 0.00496. The van der Waals surface area contributed by atoms with E-state index in [9.17, 15) is 0 Å². The van der Waals surface area contributed by atoms with Crippen molar-refractivity contribution in [3.63, 3.8) is 0 Å². The molecule has 0 aromatic heterocycles. The van der Waals surface area contributed by atoms with Crippen LogP contribution in [-0.4, -0.2) is 49.3 Å². The van der Waals surface area contributed by atoms with Gasteiger partial charge in [0, 0.05) is 38.3 Å². The Hall–Kier alpha value is -0.120. The van der Waals surface area contributed by atoms with Gasteiger partial charge >= 0.3 is 0 Å². The van der Waals surface area contributed by atoms with E-state index in [0.29, 0.717) is 17.7 Å². The summed E-state index contributed by atoms with van der Waals surface area (Å²) >= 11 is 0. The topological polar surface area (TPSA) is 24.5 Å². The van der Waals surface area contributed by atoms with E-state index in [2.05, 4.69) is 24.1 Å². The summed E-state index contributed by atoms with van der Waals surface area (Å²) < 4.78 is 5.65. The Labute approximate surface area is 106 Å². The van der Waals surface area contributed by atoms with Crippen molar-refractivity contribution in [1.29, 1.82) is 0 Å². The van der Waals surface area contributed by atoms with Crippen molar-refractivity contribution in [3.05, 3.63) is 0 Å². The van der Waals surface area contributed by atoms with Gasteiger partial charge in [0.1, 0.15) is 0 Å². The number of ether oxygens (including phenoxy) is 1. The van der Waals surface area contributed by atoms with Gasteiger partial charge in [0.15, 0.2) is 0 Å². The van der Waals surface area contributed by atoms with E-state index in [1.807, 2.05) is 7.11 Å². The van der Waals surface area contributed by atoms with E-state index < -0.39 is 0 Å². The van der Waals surface area contributed by atoms with Crippen LogP contribution in [0.3, 0.4) is 0 Å². The number of nitrogens with zero attached hydrogens (tertiary/aromatic N) is 1. The average molecular weight is 240 g/mol. The first-order chi connectivity index (χ1) is 8.24. The Balaban J connectivity index is 2.01. The molecule has 0 aromatic rings. The molecule has 1 saturated heterocycles. The van der Waals surface area contributed by atoms with E-state index >= 15 is 0 Å². The summed E-state index contributed by atoms with van der Waals surface area (Å²) in [5, 5.41) is 3.74. The lowest BCUT2D eigenvalue weighted by Gasteiger charge is -2.46. The minimum absolute atomic E-state index is 0.346. The smallest absolute Gasteiger partial charge is 0.0726 e. The lowest BCUT2D eigenvalue weighted by Crippen LogP contribution is -2.62. The molecule has 2 unspecified atom stereocenters. The second-order valence-corrected chi connectivity index (χ2v) is 5.66. The fourth-order valence-electron chi connectivity index (χ4n) is 3.59. The molecule has 2 fully saturated rings. The first-order valence-electron chi connectivity index (χ1n) is 7.26. The van der Waals surface area contributed by atoms with Crippen LogP contribution in [0.25, 0.3) is 0 Å². The lowest BCUT2D eigenvalue weighted by atomic mass is 9.89. The third kappa shape index (κ3) is 2.67. The zero-order chi connectivity index (χ0) is 12.3. The van der Waals surface area contributed by atoms with Crippen LogP contribution in [0.15, 0.2) is 0 Å². The van der Waals surface area contributed by atoms with Crippen LogP contribution in [0, 0.1) is 0 Å². The fourth-order valence-corrected chi connectivity index (χ4v) is 3.59. The maximum atomic E-state index is 5.65. The van der Waals surface area contributed by atoms with Gasteiger partial charge in [0.2, 0.25) is 0 Å². The molecule has 0 radical (unpaired) electrons. The molecule has 1 saturated carbocycles. The highest BCUT2D eigenvalue weighted by Gasteiger charge is 2.39. The third-order valence-electron chi connectivity index (χ3n) is 4.95. The van der Waals surface area contributed by atoms with Gasteiger partial charge in [0.25, 0.3) is 0 Å². The van der Waals surface area contributed by atoms with Crippen molar-refractivity contribution in [2.75, 3.05) is 26.7 Å². The Morgan fingerprint density at radius 2 is 2.06 bits per heavy atom. The monoisotopic (exact) mass is 240 g/mol. The van der Waals surface area contributed by atoms with Crippen LogP contribution in [0.4, 0.5) is 0 Å². The largest absolute Gasteiger partial charge is 0.380 e. The summed E-state index contributed by atoms with van der Waals surface area (Å²) in [6, 6.07) is 0.666. The van der Waals surface area contributed by atoms with Crippen LogP contribution in [-0.2, 0) is 4.74 Å². The molecule has 0 amide bonds. The number of piperazine rings is 1. The molecule has 2 atom stereocenters. The third-order valence-corrected chi connectivity index (χ3v) is 4.95. The number of hydrogen-bond acceptors (Lipinski definition) is 3. The van der Waals surface area contributed by atoms with Crippen molar-refractivity contribution >= 4 is 0 Å². The zero-order valence-electron chi connectivity index (χ0n) is 11.7. The maximum absolute atomic E-state index is 5.65. The highest BCUT2D eigenvalue weighted by Crippen LogP contribution is 2.30. The summed E-state index contributed by atoms with van der Waals surface area (Å²) in [5.74, 6) is 0. The number of methoxy groups -OCH3 is 1. The van der Waals surface area contributed by atoms with Crippen molar-refractivity contribution in [2.24, 2.45) is 0 Å². The van der Waals surface area contributed by atoms with Crippen molar-refractivity contribution in [1.82, 2.24) is 10.2 Å². The molecule has 2 rings (SSSR count). The molecule has 0 bridgehead atoms. The molecule has 3 nitrogen and oxygen atoms in total. The Bertz CT molecular complexity index is 240. The quantitative estimate of drug-likeness (QED) is 0.813. The first-order valence-corrected chi connectivity index (χ1v) is 7.26. The van der Waals surface area contributed by atoms with Gasteiger partial charge in [-0.2, -0.15) is 0 Å². The van der Waals surface area contributed by atoms with Gasteiger partial charge in [-0.1, -0.05) is 13.8 Å². The predicted molar refractivity (Wildman–Crippen MR) is 71.3 cm³/mol. The Morgan fingerprint density at radius 3 is 2.71 bits per heavy atom. The predicted octanol–water partition coefficient (Wildman–Crippen LogP) is 2.02. The molecule has 2 aliphatic rings. The van der Waals surface area contributed by atoms with Crippen LogP contribution in [0.2, 0.25) is 0 Å². The summed E-state index contributed by atoms with van der Waals surface area (Å²) in [7, 11) is 1.87. The van der Waals surface area contributed by atoms with Crippen LogP contribution in [0.5, 0.6) is 0 Å². The molecule has 17 heavy (non-hydrogen) atoms. The van der Waals surface area contributed by atoms with Crippen molar-refractivity contribution < 1.29 is 4.74 Å².